The molecule has 1 saturated carbocycles. The van der Waals surface area contributed by atoms with Gasteiger partial charge >= 0.3 is 0 Å². The Balaban J connectivity index is 1.51. The van der Waals surface area contributed by atoms with Gasteiger partial charge in [-0.2, -0.15) is 0 Å². The molecule has 1 aromatic carbocycles. The maximum atomic E-state index is 13.2. The van der Waals surface area contributed by atoms with Crippen LogP contribution in [0.2, 0.25) is 5.02 Å². The number of amides is 3. The Hall–Kier alpha value is -3.06. The van der Waals surface area contributed by atoms with E-state index in [2.05, 4.69) is 25.5 Å². The van der Waals surface area contributed by atoms with Crippen molar-refractivity contribution in [1.29, 1.82) is 0 Å². The summed E-state index contributed by atoms with van der Waals surface area (Å²) in [5.41, 5.74) is 3.22. The van der Waals surface area contributed by atoms with Crippen molar-refractivity contribution in [3.8, 4) is 0 Å². The number of carbonyl (C=O) groups excluding carboxylic acids is 3. The molecule has 2 aromatic rings. The predicted molar refractivity (Wildman–Crippen MR) is 145 cm³/mol. The molecule has 0 radical (unpaired) electrons. The highest BCUT2D eigenvalue weighted by Crippen LogP contribution is 2.28. The highest BCUT2D eigenvalue weighted by molar-refractivity contribution is 7.13. The van der Waals surface area contributed by atoms with Crippen LogP contribution in [-0.4, -0.2) is 83.3 Å². The molecule has 1 aliphatic heterocycles. The summed E-state index contributed by atoms with van der Waals surface area (Å²) in [6.45, 7) is 1.65. The van der Waals surface area contributed by atoms with Gasteiger partial charge in [-0.15, -0.1) is 11.3 Å². The van der Waals surface area contributed by atoms with Gasteiger partial charge in [-0.25, -0.2) is 15.5 Å². The van der Waals surface area contributed by atoms with Crippen molar-refractivity contribution in [3.63, 3.8) is 0 Å². The molecule has 4 N–H and O–H groups in total. The Kier molecular flexibility index (Phi) is 8.98. The van der Waals surface area contributed by atoms with Crippen molar-refractivity contribution >= 4 is 52.2 Å². The molecule has 0 spiro atoms. The number of amidine groups is 1. The first-order chi connectivity index (χ1) is 18.1. The van der Waals surface area contributed by atoms with Crippen LogP contribution in [-0.2, 0) is 22.6 Å². The van der Waals surface area contributed by atoms with E-state index >= 15 is 0 Å². The lowest BCUT2D eigenvalue weighted by Gasteiger charge is -2.37. The summed E-state index contributed by atoms with van der Waals surface area (Å²) in [4.78, 5) is 52.5. The molecule has 3 atom stereocenters. The Morgan fingerprint density at radius 3 is 2.58 bits per heavy atom. The fraction of sp³-hybridized carbons (Fsp3) is 0.480. The fourth-order valence-corrected chi connectivity index (χ4v) is 5.97. The largest absolute Gasteiger partial charge is 0.349 e. The van der Waals surface area contributed by atoms with Crippen LogP contribution < -0.4 is 16.1 Å². The number of fused-ring (bicyclic) bond motifs is 1. The van der Waals surface area contributed by atoms with Gasteiger partial charge in [-0.1, -0.05) is 11.6 Å². The minimum atomic E-state index is -0.642. The van der Waals surface area contributed by atoms with Gasteiger partial charge in [-0.05, 0) is 50.6 Å². The first-order valence-corrected chi connectivity index (χ1v) is 13.6. The monoisotopic (exact) mass is 561 g/mol. The van der Waals surface area contributed by atoms with E-state index in [-0.39, 0.29) is 23.6 Å². The maximum absolute atomic E-state index is 13.2. The van der Waals surface area contributed by atoms with E-state index < -0.39 is 18.0 Å². The molecule has 11 nitrogen and oxygen atoms in total. The number of hydrogen-bond donors (Lipinski definition) is 4. The number of nitrogens with one attached hydrogen (secondary N) is 3. The van der Waals surface area contributed by atoms with Crippen LogP contribution in [0.15, 0.2) is 29.3 Å². The number of rotatable bonds is 5. The molecule has 2 heterocycles. The molecule has 1 aromatic heterocycles. The first kappa shape index (κ1) is 28.0. The topological polar surface area (TPSA) is 139 Å². The summed E-state index contributed by atoms with van der Waals surface area (Å²) < 4.78 is 0. The molecule has 0 bridgehead atoms. The summed E-state index contributed by atoms with van der Waals surface area (Å²) in [6, 6.07) is 5.46. The van der Waals surface area contributed by atoms with Crippen molar-refractivity contribution < 1.29 is 19.6 Å². The second-order valence-corrected chi connectivity index (χ2v) is 11.3. The van der Waals surface area contributed by atoms with Gasteiger partial charge in [0.25, 0.3) is 11.8 Å². The molecule has 13 heteroatoms. The number of aromatic nitrogens is 1. The van der Waals surface area contributed by atoms with Crippen LogP contribution in [0.1, 0.15) is 39.6 Å². The minimum Gasteiger partial charge on any atom is -0.349 e. The number of hydrogen-bond acceptors (Lipinski definition) is 8. The second kappa shape index (κ2) is 12.2. The number of benzene rings is 1. The van der Waals surface area contributed by atoms with Gasteiger partial charge in [0.15, 0.2) is 5.01 Å². The smallest absolute Gasteiger partial charge is 0.289 e. The van der Waals surface area contributed by atoms with Crippen molar-refractivity contribution in [2.75, 3.05) is 27.7 Å². The van der Waals surface area contributed by atoms with E-state index in [4.69, 9.17) is 11.6 Å². The van der Waals surface area contributed by atoms with Gasteiger partial charge in [0.2, 0.25) is 11.7 Å². The van der Waals surface area contributed by atoms with E-state index in [0.717, 1.165) is 30.1 Å². The molecule has 204 valence electrons. The third-order valence-corrected chi connectivity index (χ3v) is 8.11. The Morgan fingerprint density at radius 2 is 1.89 bits per heavy atom. The summed E-state index contributed by atoms with van der Waals surface area (Å²) in [5.74, 6) is -1.59. The standard InChI is InChI=1S/C25H32ClN7O4S/c1-32(2)25(36)14-4-9-17(28-22(34)21(31-37)27-16-7-5-15(26)6-8-16)19(12-14)29-23(35)24-30-18-10-11-33(3)13-20(18)38-24/h5-8,14,17,19,37H,4,9-13H2,1-3H3,(H,27,31)(H,28,34)(H,29,35)/t14?,17-,19+/m0/s1. The first-order valence-electron chi connectivity index (χ1n) is 12.4. The van der Waals surface area contributed by atoms with E-state index in [9.17, 15) is 19.6 Å². The van der Waals surface area contributed by atoms with E-state index in [1.54, 1.807) is 43.3 Å². The van der Waals surface area contributed by atoms with Crippen molar-refractivity contribution in [1.82, 2.24) is 30.9 Å². The number of nitrogens with zero attached hydrogens (tertiary/aromatic N) is 4. The van der Waals surface area contributed by atoms with Gasteiger partial charge in [0.05, 0.1) is 17.4 Å². The lowest BCUT2D eigenvalue weighted by molar-refractivity contribution is -0.134. The summed E-state index contributed by atoms with van der Waals surface area (Å²) >= 11 is 7.28. The number of halogens is 1. The van der Waals surface area contributed by atoms with Crippen LogP contribution in [0.4, 0.5) is 5.69 Å². The average molecular weight is 562 g/mol. The minimum absolute atomic E-state index is 0.0243. The fourth-order valence-electron chi connectivity index (χ4n) is 4.75. The molecule has 4 rings (SSSR count). The number of aliphatic imine (C=N–C) groups is 1. The lowest BCUT2D eigenvalue weighted by Crippen LogP contribution is -2.57. The van der Waals surface area contributed by atoms with Crippen LogP contribution in [0.3, 0.4) is 0 Å². The molecule has 38 heavy (non-hydrogen) atoms. The van der Waals surface area contributed by atoms with Crippen molar-refractivity contribution in [2.45, 2.75) is 44.3 Å². The molecular weight excluding hydrogens is 530 g/mol. The molecule has 2 aliphatic rings. The predicted octanol–water partition coefficient (Wildman–Crippen LogP) is 1.96. The summed E-state index contributed by atoms with van der Waals surface area (Å²) in [7, 11) is 5.44. The van der Waals surface area contributed by atoms with Crippen LogP contribution in [0.25, 0.3) is 0 Å². The molecule has 3 amide bonds. The SMILES string of the molecule is CN1CCc2nc(C(=O)N[C@@H]3CC(C(=O)N(C)C)CC[C@@H]3NC(=O)C(=Nc3ccc(Cl)cc3)NO)sc2C1. The number of carbonyl (C=O) groups is 3. The molecule has 1 aliphatic carbocycles. The third kappa shape index (κ3) is 6.68. The highest BCUT2D eigenvalue weighted by atomic mass is 35.5. The summed E-state index contributed by atoms with van der Waals surface area (Å²) in [5, 5.41) is 16.4. The van der Waals surface area contributed by atoms with Gasteiger partial charge < -0.3 is 20.4 Å². The van der Waals surface area contributed by atoms with Gasteiger partial charge in [-0.3, -0.25) is 19.6 Å². The maximum Gasteiger partial charge on any atom is 0.289 e. The Bertz CT molecular complexity index is 1220. The highest BCUT2D eigenvalue weighted by Gasteiger charge is 2.37. The second-order valence-electron chi connectivity index (χ2n) is 9.83. The zero-order valence-electron chi connectivity index (χ0n) is 21.5. The van der Waals surface area contributed by atoms with Crippen molar-refractivity contribution in [2.24, 2.45) is 10.9 Å². The van der Waals surface area contributed by atoms with Crippen LogP contribution in [0.5, 0.6) is 0 Å². The van der Waals surface area contributed by atoms with E-state index in [1.807, 2.05) is 12.5 Å². The normalized spacial score (nSPS) is 21.8. The third-order valence-electron chi connectivity index (χ3n) is 6.78. The zero-order chi connectivity index (χ0) is 27.4. The average Bonchev–Trinajstić information content (AvgIpc) is 3.32. The number of hydroxylamine groups is 1. The van der Waals surface area contributed by atoms with Crippen LogP contribution in [0, 0.1) is 5.92 Å². The molecule has 1 fully saturated rings. The molecular formula is C25H32ClN7O4S. The summed E-state index contributed by atoms with van der Waals surface area (Å²) in [6.07, 6.45) is 2.15. The zero-order valence-corrected chi connectivity index (χ0v) is 23.1. The lowest BCUT2D eigenvalue weighted by atomic mass is 9.81. The van der Waals surface area contributed by atoms with E-state index in [0.29, 0.717) is 35.0 Å². The molecule has 1 unspecified atom stereocenters. The van der Waals surface area contributed by atoms with Gasteiger partial charge in [0, 0.05) is 55.5 Å². The van der Waals surface area contributed by atoms with Crippen LogP contribution >= 0.6 is 22.9 Å². The number of thiazole rings is 1. The molecule has 0 saturated heterocycles. The Morgan fingerprint density at radius 1 is 1.16 bits per heavy atom. The van der Waals surface area contributed by atoms with Crippen molar-refractivity contribution in [3.05, 3.63) is 44.9 Å². The Labute approximate surface area is 230 Å². The van der Waals surface area contributed by atoms with Gasteiger partial charge in [0.1, 0.15) is 0 Å². The number of likely N-dealkylation sites (N-methyl/N-ethyl adjacent to an activating group) is 1. The quantitative estimate of drug-likeness (QED) is 0.249. The van der Waals surface area contributed by atoms with E-state index in [1.165, 1.54) is 11.3 Å².